The predicted molar refractivity (Wildman–Crippen MR) is 110 cm³/mol. The summed E-state index contributed by atoms with van der Waals surface area (Å²) >= 11 is 0. The summed E-state index contributed by atoms with van der Waals surface area (Å²) in [4.78, 5) is 44.0. The van der Waals surface area contributed by atoms with Crippen molar-refractivity contribution in [3.63, 3.8) is 0 Å². The number of hydrazine groups is 1. The molecule has 0 bridgehead atoms. The number of ether oxygens (including phenoxy) is 1. The standard InChI is InChI=1S/C20H26N4O7/c1-3-4-12-30-18(28)24(21)20(14(2)25,17(26)27)19(13-22-29,16-10-11-23-31-16)15-8-6-5-7-9-15/h5-9,11,13,16,29H,3-4,10,12,21H2,1-2H3,(H,26,27)/t16?,19?,20-/m1/s1. The molecule has 0 saturated heterocycles. The number of rotatable bonds is 10. The highest BCUT2D eigenvalue weighted by Crippen LogP contribution is 2.45. The van der Waals surface area contributed by atoms with Crippen LogP contribution in [0.2, 0.25) is 0 Å². The first-order chi connectivity index (χ1) is 14.8. The zero-order chi connectivity index (χ0) is 23.1. The summed E-state index contributed by atoms with van der Waals surface area (Å²) in [5, 5.41) is 26.9. The normalized spacial score (nSPS) is 19.3. The van der Waals surface area contributed by atoms with Crippen LogP contribution in [-0.4, -0.2) is 63.8 Å². The van der Waals surface area contributed by atoms with Crippen LogP contribution in [0.15, 0.2) is 40.6 Å². The van der Waals surface area contributed by atoms with E-state index in [4.69, 9.17) is 15.4 Å². The molecule has 0 aromatic heterocycles. The number of oxime groups is 2. The molecule has 0 fully saturated rings. The number of unbranched alkanes of at least 4 members (excludes halogenated alkanes) is 1. The molecule has 1 amide bonds. The van der Waals surface area contributed by atoms with Gasteiger partial charge >= 0.3 is 12.1 Å². The smallest absolute Gasteiger partial charge is 0.425 e. The van der Waals surface area contributed by atoms with Crippen LogP contribution >= 0.6 is 0 Å². The van der Waals surface area contributed by atoms with Gasteiger partial charge in [0.25, 0.3) is 0 Å². The van der Waals surface area contributed by atoms with Crippen LogP contribution in [-0.2, 0) is 24.6 Å². The second kappa shape index (κ2) is 10.0. The van der Waals surface area contributed by atoms with Gasteiger partial charge in [0, 0.05) is 12.6 Å². The summed E-state index contributed by atoms with van der Waals surface area (Å²) in [6, 6.07) is 7.89. The van der Waals surface area contributed by atoms with Crippen molar-refractivity contribution in [2.24, 2.45) is 16.2 Å². The Balaban J connectivity index is 2.83. The summed E-state index contributed by atoms with van der Waals surface area (Å²) in [6.45, 7) is 2.83. The molecule has 0 saturated carbocycles. The highest BCUT2D eigenvalue weighted by Gasteiger charge is 2.70. The van der Waals surface area contributed by atoms with Crippen molar-refractivity contribution in [1.82, 2.24) is 5.01 Å². The largest absolute Gasteiger partial charge is 0.479 e. The lowest BCUT2D eigenvalue weighted by atomic mass is 9.59. The number of ketones is 1. The molecule has 11 heteroatoms. The Kier molecular flexibility index (Phi) is 7.70. The van der Waals surface area contributed by atoms with E-state index >= 15 is 0 Å². The number of carboxylic acids is 1. The molecule has 0 radical (unpaired) electrons. The van der Waals surface area contributed by atoms with Crippen molar-refractivity contribution in [1.29, 1.82) is 0 Å². The van der Waals surface area contributed by atoms with Crippen LogP contribution in [0.25, 0.3) is 0 Å². The summed E-state index contributed by atoms with van der Waals surface area (Å²) in [5.74, 6) is 3.26. The highest BCUT2D eigenvalue weighted by molar-refractivity contribution is 6.14. The van der Waals surface area contributed by atoms with Gasteiger partial charge < -0.3 is 19.9 Å². The van der Waals surface area contributed by atoms with Gasteiger partial charge in [0.15, 0.2) is 11.9 Å². The Morgan fingerprint density at radius 1 is 1.39 bits per heavy atom. The van der Waals surface area contributed by atoms with Crippen LogP contribution in [0.3, 0.4) is 0 Å². The quantitative estimate of drug-likeness (QED) is 0.0952. The Hall–Kier alpha value is -3.47. The molecule has 1 aromatic rings. The fourth-order valence-electron chi connectivity index (χ4n) is 3.85. The molecule has 0 aliphatic carbocycles. The van der Waals surface area contributed by atoms with E-state index in [1.165, 1.54) is 18.3 Å². The average Bonchev–Trinajstić information content (AvgIpc) is 3.28. The van der Waals surface area contributed by atoms with Crippen molar-refractivity contribution in [2.75, 3.05) is 6.61 Å². The molecule has 1 aliphatic rings. The fourth-order valence-corrected chi connectivity index (χ4v) is 3.85. The molecular weight excluding hydrogens is 408 g/mol. The molecule has 2 rings (SSSR count). The van der Waals surface area contributed by atoms with Crippen LogP contribution in [0.1, 0.15) is 38.7 Å². The summed E-state index contributed by atoms with van der Waals surface area (Å²) in [7, 11) is 0. The third kappa shape index (κ3) is 3.96. The molecule has 1 heterocycles. The lowest BCUT2D eigenvalue weighted by Crippen LogP contribution is -2.77. The van der Waals surface area contributed by atoms with E-state index in [-0.39, 0.29) is 23.6 Å². The topological polar surface area (TPSA) is 164 Å². The minimum absolute atomic E-state index is 0.0217. The zero-order valence-electron chi connectivity index (χ0n) is 17.3. The van der Waals surface area contributed by atoms with Gasteiger partial charge in [-0.05, 0) is 18.9 Å². The minimum Gasteiger partial charge on any atom is -0.479 e. The maximum Gasteiger partial charge on any atom is 0.425 e. The Labute approximate surface area is 179 Å². The molecule has 2 unspecified atom stereocenters. The van der Waals surface area contributed by atoms with Crippen LogP contribution < -0.4 is 5.84 Å². The van der Waals surface area contributed by atoms with Crippen molar-refractivity contribution >= 4 is 30.3 Å². The van der Waals surface area contributed by atoms with Gasteiger partial charge in [-0.2, -0.15) is 0 Å². The lowest BCUT2D eigenvalue weighted by Gasteiger charge is -2.49. The first-order valence-electron chi connectivity index (χ1n) is 9.68. The van der Waals surface area contributed by atoms with Crippen molar-refractivity contribution < 1.29 is 34.3 Å². The van der Waals surface area contributed by atoms with Crippen LogP contribution in [0.4, 0.5) is 4.79 Å². The first-order valence-corrected chi connectivity index (χ1v) is 9.68. The maximum absolute atomic E-state index is 13.1. The van der Waals surface area contributed by atoms with Crippen molar-refractivity contribution in [3.05, 3.63) is 35.9 Å². The van der Waals surface area contributed by atoms with Gasteiger partial charge in [-0.1, -0.05) is 48.8 Å². The number of hydrogen-bond acceptors (Lipinski definition) is 9. The molecule has 11 nitrogen and oxygen atoms in total. The third-order valence-corrected chi connectivity index (χ3v) is 5.30. The molecule has 1 aliphatic heterocycles. The van der Waals surface area contributed by atoms with E-state index < -0.39 is 34.9 Å². The number of carbonyl (C=O) groups excluding carboxylic acids is 2. The third-order valence-electron chi connectivity index (χ3n) is 5.30. The second-order valence-corrected chi connectivity index (χ2v) is 7.01. The van der Waals surface area contributed by atoms with E-state index in [0.717, 1.165) is 13.1 Å². The molecule has 168 valence electrons. The van der Waals surface area contributed by atoms with E-state index in [9.17, 15) is 24.7 Å². The predicted octanol–water partition coefficient (Wildman–Crippen LogP) is 1.68. The van der Waals surface area contributed by atoms with Crippen molar-refractivity contribution in [3.8, 4) is 0 Å². The number of nitrogens with two attached hydrogens (primary N) is 1. The molecule has 1 aromatic carbocycles. The molecule has 31 heavy (non-hydrogen) atoms. The number of Topliss-reactive ketones (excluding diaryl/α,β-unsaturated/α-hetero) is 1. The Morgan fingerprint density at radius 2 is 2.06 bits per heavy atom. The van der Waals surface area contributed by atoms with E-state index in [1.807, 2.05) is 6.92 Å². The molecule has 4 N–H and O–H groups in total. The van der Waals surface area contributed by atoms with E-state index in [1.54, 1.807) is 18.2 Å². The van der Waals surface area contributed by atoms with Gasteiger partial charge in [0.1, 0.15) is 5.41 Å². The van der Waals surface area contributed by atoms with E-state index in [0.29, 0.717) is 12.8 Å². The monoisotopic (exact) mass is 434 g/mol. The number of amides is 1. The molecule has 3 atom stereocenters. The summed E-state index contributed by atoms with van der Waals surface area (Å²) < 4.78 is 5.09. The number of nitrogens with zero attached hydrogens (tertiary/aromatic N) is 3. The number of aliphatic carboxylic acids is 1. The molecule has 0 spiro atoms. The van der Waals surface area contributed by atoms with Gasteiger partial charge in [0.05, 0.1) is 12.8 Å². The van der Waals surface area contributed by atoms with Crippen LogP contribution in [0, 0.1) is 0 Å². The number of carboxylic acid groups (broad SMARTS) is 1. The first kappa shape index (κ1) is 23.8. The summed E-state index contributed by atoms with van der Waals surface area (Å²) in [6.07, 6.45) is 1.14. The van der Waals surface area contributed by atoms with Crippen LogP contribution in [0.5, 0.6) is 0 Å². The second-order valence-electron chi connectivity index (χ2n) is 7.01. The maximum atomic E-state index is 13.1. The number of carbonyl (C=O) groups is 3. The zero-order valence-corrected chi connectivity index (χ0v) is 17.3. The van der Waals surface area contributed by atoms with E-state index in [2.05, 4.69) is 10.3 Å². The molecular formula is C20H26N4O7. The van der Waals surface area contributed by atoms with Gasteiger partial charge in [-0.15, -0.1) is 5.16 Å². The number of hydrogen-bond donors (Lipinski definition) is 3. The Morgan fingerprint density at radius 3 is 2.55 bits per heavy atom. The fraction of sp³-hybridized carbons (Fsp3) is 0.450. The lowest BCUT2D eigenvalue weighted by molar-refractivity contribution is -0.164. The van der Waals surface area contributed by atoms with Gasteiger partial charge in [-0.25, -0.2) is 20.4 Å². The van der Waals surface area contributed by atoms with Crippen molar-refractivity contribution in [2.45, 2.75) is 50.2 Å². The highest BCUT2D eigenvalue weighted by atomic mass is 16.6. The average molecular weight is 434 g/mol. The SMILES string of the molecule is CCCCOC(=O)N(N)[C@](C(C)=O)(C(=O)O)C(C=NO)(c1ccccc1)C1CC=NO1. The Bertz CT molecular complexity index is 836. The van der Waals surface area contributed by atoms with Gasteiger partial charge in [-0.3, -0.25) is 4.79 Å². The minimum atomic E-state index is -2.79. The van der Waals surface area contributed by atoms with Gasteiger partial charge in [0.2, 0.25) is 5.54 Å². The number of benzene rings is 1. The summed E-state index contributed by atoms with van der Waals surface area (Å²) in [5.41, 5.74) is -4.64.